The predicted molar refractivity (Wildman–Crippen MR) is 96.5 cm³/mol. The Morgan fingerprint density at radius 1 is 1.39 bits per heavy atom. The minimum atomic E-state index is 0.172. The van der Waals surface area contributed by atoms with E-state index in [9.17, 15) is 4.79 Å². The first kappa shape index (κ1) is 16.7. The van der Waals surface area contributed by atoms with Gasteiger partial charge in [0, 0.05) is 49.0 Å². The summed E-state index contributed by atoms with van der Waals surface area (Å²) < 4.78 is 5.66. The van der Waals surface area contributed by atoms with Gasteiger partial charge in [-0.15, -0.1) is 0 Å². The van der Waals surface area contributed by atoms with Gasteiger partial charge in [0.2, 0.25) is 0 Å². The van der Waals surface area contributed by atoms with Crippen LogP contribution in [-0.4, -0.2) is 54.7 Å². The fourth-order valence-electron chi connectivity index (χ4n) is 3.24. The zero-order valence-corrected chi connectivity index (χ0v) is 14.7. The molecule has 126 valence electrons. The quantitative estimate of drug-likeness (QED) is 0.898. The van der Waals surface area contributed by atoms with Crippen molar-refractivity contribution < 1.29 is 9.53 Å². The summed E-state index contributed by atoms with van der Waals surface area (Å²) in [6.07, 6.45) is 3.79. The van der Waals surface area contributed by atoms with Crippen molar-refractivity contribution in [2.45, 2.75) is 32.3 Å². The Hall–Kier alpha value is -1.20. The predicted octanol–water partition coefficient (Wildman–Crippen LogP) is 3.17. The minimum absolute atomic E-state index is 0.172. The van der Waals surface area contributed by atoms with E-state index in [1.165, 1.54) is 12.8 Å². The van der Waals surface area contributed by atoms with Gasteiger partial charge in [-0.05, 0) is 43.9 Å². The van der Waals surface area contributed by atoms with Gasteiger partial charge in [0.05, 0.1) is 6.10 Å². The van der Waals surface area contributed by atoms with Crippen molar-refractivity contribution in [2.75, 3.05) is 43.1 Å². The number of nitrogens with one attached hydrogen (secondary N) is 1. The molecule has 2 heterocycles. The maximum Gasteiger partial charge on any atom is 0.254 e. The van der Waals surface area contributed by atoms with Gasteiger partial charge in [-0.3, -0.25) is 4.79 Å². The molecular weight excluding hydrogens is 308 g/mol. The highest BCUT2D eigenvalue weighted by Crippen LogP contribution is 2.22. The molecular formula is C18H26N2O2S. The number of thioether (sulfide) groups is 1. The van der Waals surface area contributed by atoms with Crippen LogP contribution in [0.25, 0.3) is 0 Å². The molecule has 2 aliphatic rings. The first-order chi connectivity index (χ1) is 11.3. The summed E-state index contributed by atoms with van der Waals surface area (Å²) in [5.41, 5.74) is 2.96. The number of benzene rings is 1. The molecule has 2 saturated heterocycles. The molecule has 1 amide bonds. The second-order valence-corrected chi connectivity index (χ2v) is 7.46. The van der Waals surface area contributed by atoms with Crippen LogP contribution in [0.2, 0.25) is 0 Å². The Morgan fingerprint density at radius 2 is 2.22 bits per heavy atom. The van der Waals surface area contributed by atoms with E-state index in [1.54, 1.807) is 0 Å². The van der Waals surface area contributed by atoms with E-state index in [0.717, 1.165) is 61.0 Å². The van der Waals surface area contributed by atoms with Gasteiger partial charge in [-0.2, -0.15) is 11.8 Å². The largest absolute Gasteiger partial charge is 0.385 e. The summed E-state index contributed by atoms with van der Waals surface area (Å²) in [5.74, 6) is 2.26. The van der Waals surface area contributed by atoms with E-state index in [2.05, 4.69) is 11.4 Å². The van der Waals surface area contributed by atoms with Crippen LogP contribution in [0.5, 0.6) is 0 Å². The Balaban J connectivity index is 1.61. The number of rotatable bonds is 5. The van der Waals surface area contributed by atoms with Gasteiger partial charge in [0.1, 0.15) is 0 Å². The van der Waals surface area contributed by atoms with Crippen LogP contribution in [0.4, 0.5) is 5.69 Å². The molecule has 1 unspecified atom stereocenters. The zero-order chi connectivity index (χ0) is 16.1. The average Bonchev–Trinajstić information content (AvgIpc) is 3.10. The number of amides is 1. The van der Waals surface area contributed by atoms with E-state index in [4.69, 9.17) is 4.74 Å². The van der Waals surface area contributed by atoms with Crippen LogP contribution in [0.3, 0.4) is 0 Å². The lowest BCUT2D eigenvalue weighted by molar-refractivity contribution is 0.0771. The lowest BCUT2D eigenvalue weighted by Crippen LogP contribution is -2.38. The summed E-state index contributed by atoms with van der Waals surface area (Å²) in [6, 6.07) is 5.99. The van der Waals surface area contributed by atoms with Crippen molar-refractivity contribution in [3.05, 3.63) is 29.3 Å². The Morgan fingerprint density at radius 3 is 2.96 bits per heavy atom. The van der Waals surface area contributed by atoms with Crippen LogP contribution < -0.4 is 5.32 Å². The molecule has 0 bridgehead atoms. The highest BCUT2D eigenvalue weighted by molar-refractivity contribution is 7.99. The summed E-state index contributed by atoms with van der Waals surface area (Å²) in [5, 5.41) is 3.48. The molecule has 0 aliphatic carbocycles. The van der Waals surface area contributed by atoms with E-state index >= 15 is 0 Å². The number of hydrogen-bond donors (Lipinski definition) is 1. The normalized spacial score (nSPS) is 21.4. The Labute approximate surface area is 143 Å². The molecule has 0 saturated carbocycles. The van der Waals surface area contributed by atoms with Crippen molar-refractivity contribution in [3.8, 4) is 0 Å². The SMILES string of the molecule is Cc1c(NCCC2CCCO2)cccc1C(=O)N1CCSCC1. The van der Waals surface area contributed by atoms with E-state index in [-0.39, 0.29) is 5.91 Å². The lowest BCUT2D eigenvalue weighted by Gasteiger charge is -2.27. The fraction of sp³-hybridized carbons (Fsp3) is 0.611. The van der Waals surface area contributed by atoms with Crippen LogP contribution >= 0.6 is 11.8 Å². The molecule has 2 aliphatic heterocycles. The molecule has 1 atom stereocenters. The third kappa shape index (κ3) is 4.21. The van der Waals surface area contributed by atoms with Crippen LogP contribution in [0.1, 0.15) is 35.2 Å². The van der Waals surface area contributed by atoms with Gasteiger partial charge in [0.15, 0.2) is 0 Å². The van der Waals surface area contributed by atoms with Gasteiger partial charge in [0.25, 0.3) is 5.91 Å². The average molecular weight is 334 g/mol. The molecule has 2 fully saturated rings. The maximum atomic E-state index is 12.7. The molecule has 4 nitrogen and oxygen atoms in total. The van der Waals surface area contributed by atoms with Crippen LogP contribution in [-0.2, 0) is 4.74 Å². The molecule has 1 N–H and O–H groups in total. The summed E-state index contributed by atoms with van der Waals surface area (Å²) in [7, 11) is 0. The van der Waals surface area contributed by atoms with Crippen molar-refractivity contribution >= 4 is 23.4 Å². The van der Waals surface area contributed by atoms with Crippen LogP contribution in [0, 0.1) is 6.92 Å². The second-order valence-electron chi connectivity index (χ2n) is 6.23. The second kappa shape index (κ2) is 8.06. The smallest absolute Gasteiger partial charge is 0.254 e. The third-order valence-electron chi connectivity index (χ3n) is 4.67. The van der Waals surface area contributed by atoms with E-state index < -0.39 is 0 Å². The molecule has 5 heteroatoms. The third-order valence-corrected chi connectivity index (χ3v) is 5.61. The zero-order valence-electron chi connectivity index (χ0n) is 13.8. The molecule has 1 aromatic rings. The number of carbonyl (C=O) groups excluding carboxylic acids is 1. The first-order valence-electron chi connectivity index (χ1n) is 8.58. The topological polar surface area (TPSA) is 41.6 Å². The maximum absolute atomic E-state index is 12.7. The summed E-state index contributed by atoms with van der Waals surface area (Å²) in [6.45, 7) is 5.56. The lowest BCUT2D eigenvalue weighted by atomic mass is 10.0. The van der Waals surface area contributed by atoms with E-state index in [1.807, 2.05) is 35.7 Å². The van der Waals surface area contributed by atoms with Crippen molar-refractivity contribution in [1.82, 2.24) is 4.90 Å². The highest BCUT2D eigenvalue weighted by Gasteiger charge is 2.21. The van der Waals surface area contributed by atoms with Gasteiger partial charge in [-0.1, -0.05) is 6.07 Å². The van der Waals surface area contributed by atoms with Gasteiger partial charge < -0.3 is 15.0 Å². The van der Waals surface area contributed by atoms with Gasteiger partial charge >= 0.3 is 0 Å². The number of hydrogen-bond acceptors (Lipinski definition) is 4. The number of nitrogens with zero attached hydrogens (tertiary/aromatic N) is 1. The summed E-state index contributed by atoms with van der Waals surface area (Å²) >= 11 is 1.92. The molecule has 0 spiro atoms. The first-order valence-corrected chi connectivity index (χ1v) is 9.73. The molecule has 1 aromatic carbocycles. The van der Waals surface area contributed by atoms with Gasteiger partial charge in [-0.25, -0.2) is 0 Å². The number of ether oxygens (including phenoxy) is 1. The molecule has 0 aromatic heterocycles. The fourth-order valence-corrected chi connectivity index (χ4v) is 4.14. The standard InChI is InChI=1S/C18H26N2O2S/c1-14-16(18(21)20-9-12-23-13-10-20)5-2-6-17(14)19-8-7-15-4-3-11-22-15/h2,5-6,15,19H,3-4,7-13H2,1H3. The van der Waals surface area contributed by atoms with Crippen molar-refractivity contribution in [2.24, 2.45) is 0 Å². The Bertz CT molecular complexity index is 538. The summed E-state index contributed by atoms with van der Waals surface area (Å²) in [4.78, 5) is 14.7. The Kier molecular flexibility index (Phi) is 5.84. The van der Waals surface area contributed by atoms with Crippen molar-refractivity contribution in [3.63, 3.8) is 0 Å². The minimum Gasteiger partial charge on any atom is -0.385 e. The van der Waals surface area contributed by atoms with E-state index in [0.29, 0.717) is 6.10 Å². The number of carbonyl (C=O) groups is 1. The highest BCUT2D eigenvalue weighted by atomic mass is 32.2. The monoisotopic (exact) mass is 334 g/mol. The number of anilines is 1. The molecule has 23 heavy (non-hydrogen) atoms. The van der Waals surface area contributed by atoms with Crippen molar-refractivity contribution in [1.29, 1.82) is 0 Å². The van der Waals surface area contributed by atoms with Crippen LogP contribution in [0.15, 0.2) is 18.2 Å². The molecule has 0 radical (unpaired) electrons. The molecule has 3 rings (SSSR count).